The first-order valence-electron chi connectivity index (χ1n) is 14.7. The maximum absolute atomic E-state index is 13.3. The fourth-order valence-electron chi connectivity index (χ4n) is 4.74. The molecule has 0 aromatic heterocycles. The van der Waals surface area contributed by atoms with Crippen LogP contribution >= 0.6 is 11.6 Å². The van der Waals surface area contributed by atoms with Crippen molar-refractivity contribution in [3.8, 4) is 6.07 Å². The number of amidine groups is 1. The van der Waals surface area contributed by atoms with Gasteiger partial charge >= 0.3 is 0 Å². The first kappa shape index (κ1) is 39.7. The first-order valence-corrected chi connectivity index (χ1v) is 16.5. The van der Waals surface area contributed by atoms with Crippen molar-refractivity contribution in [3.63, 3.8) is 0 Å². The molecule has 2 fully saturated rings. The average Bonchev–Trinajstić information content (AvgIpc) is 3.46. The monoisotopic (exact) mass is 704 g/mol. The molecule has 15 heteroatoms. The molecule has 1 aliphatic carbocycles. The second kappa shape index (κ2) is 17.6. The highest BCUT2D eigenvalue weighted by atomic mass is 35.5. The Balaban J connectivity index is 0.000000444. The number of aliphatic imine (C=N–C) groups is 1. The summed E-state index contributed by atoms with van der Waals surface area (Å²) in [5.41, 5.74) is 0.809. The van der Waals surface area contributed by atoms with Gasteiger partial charge in [0.2, 0.25) is 28.2 Å². The van der Waals surface area contributed by atoms with Gasteiger partial charge in [-0.25, -0.2) is 26.5 Å². The SMILES string of the molecule is C=C/C=C(\C(Cl)=C/C)C(C(=O)NC1CC(F)(F)C1)N(C=O)c1cccc(S(=O)(=O)N(C)C)c1.C=CN=C(/C=C(\C)C#N)N1CCCC1=O. The number of halogens is 3. The highest BCUT2D eigenvalue weighted by molar-refractivity contribution is 7.89. The summed E-state index contributed by atoms with van der Waals surface area (Å²) in [7, 11) is -1.10. The van der Waals surface area contributed by atoms with E-state index >= 15 is 0 Å². The zero-order chi connectivity index (χ0) is 36.2. The number of hydrogen-bond acceptors (Lipinski definition) is 7. The van der Waals surface area contributed by atoms with E-state index in [9.17, 15) is 31.6 Å². The maximum atomic E-state index is 13.3. The number of benzene rings is 1. The van der Waals surface area contributed by atoms with Crippen LogP contribution in [0.15, 0.2) is 94.0 Å². The Kier molecular flexibility index (Phi) is 14.6. The molecular weight excluding hydrogens is 666 g/mol. The molecule has 1 saturated heterocycles. The fourth-order valence-corrected chi connectivity index (χ4v) is 5.84. The third kappa shape index (κ3) is 10.3. The highest BCUT2D eigenvalue weighted by Crippen LogP contribution is 2.38. The number of anilines is 1. The number of nitriles is 1. The predicted octanol–water partition coefficient (Wildman–Crippen LogP) is 5.06. The van der Waals surface area contributed by atoms with E-state index in [0.717, 1.165) is 15.6 Å². The van der Waals surface area contributed by atoms with Gasteiger partial charge in [-0.1, -0.05) is 49.1 Å². The van der Waals surface area contributed by atoms with Crippen molar-refractivity contribution in [2.24, 2.45) is 4.99 Å². The zero-order valence-corrected chi connectivity index (χ0v) is 28.8. The van der Waals surface area contributed by atoms with Gasteiger partial charge in [0.25, 0.3) is 5.92 Å². The van der Waals surface area contributed by atoms with Crippen molar-refractivity contribution in [1.29, 1.82) is 5.26 Å². The fraction of sp³-hybridized carbons (Fsp3) is 0.364. The van der Waals surface area contributed by atoms with Gasteiger partial charge in [-0.05, 0) is 44.5 Å². The third-order valence-electron chi connectivity index (χ3n) is 7.19. The van der Waals surface area contributed by atoms with E-state index in [1.54, 1.807) is 24.8 Å². The normalized spacial score (nSPS) is 17.8. The summed E-state index contributed by atoms with van der Waals surface area (Å²) in [5, 5.41) is 11.3. The summed E-state index contributed by atoms with van der Waals surface area (Å²) < 4.78 is 52.7. The maximum Gasteiger partial charge on any atom is 0.252 e. The summed E-state index contributed by atoms with van der Waals surface area (Å²) in [4.78, 5) is 43.4. The van der Waals surface area contributed by atoms with Crippen LogP contribution in [0.5, 0.6) is 0 Å². The summed E-state index contributed by atoms with van der Waals surface area (Å²) in [6.45, 7) is 11.1. The van der Waals surface area contributed by atoms with Crippen LogP contribution in [-0.2, 0) is 24.4 Å². The molecule has 1 N–H and O–H groups in total. The number of amides is 3. The molecule has 3 amide bonds. The molecule has 1 aliphatic heterocycles. The highest BCUT2D eigenvalue weighted by Gasteiger charge is 2.47. The van der Waals surface area contributed by atoms with Crippen LogP contribution < -0.4 is 10.2 Å². The molecule has 0 spiro atoms. The predicted molar refractivity (Wildman–Crippen MR) is 182 cm³/mol. The molecule has 1 aromatic carbocycles. The minimum Gasteiger partial charge on any atom is -0.351 e. The molecule has 2 aliphatic rings. The lowest BCUT2D eigenvalue weighted by atomic mass is 9.87. The van der Waals surface area contributed by atoms with Crippen LogP contribution in [0, 0.1) is 11.3 Å². The van der Waals surface area contributed by atoms with E-state index in [4.69, 9.17) is 16.9 Å². The van der Waals surface area contributed by atoms with E-state index in [0.29, 0.717) is 30.8 Å². The average molecular weight is 705 g/mol. The molecule has 1 aromatic rings. The molecule has 11 nitrogen and oxygen atoms in total. The van der Waals surface area contributed by atoms with Crippen LogP contribution in [0.1, 0.15) is 39.5 Å². The van der Waals surface area contributed by atoms with Crippen LogP contribution in [0.3, 0.4) is 0 Å². The summed E-state index contributed by atoms with van der Waals surface area (Å²) in [6, 6.07) is 5.35. The van der Waals surface area contributed by atoms with E-state index in [1.165, 1.54) is 62.8 Å². The molecule has 0 radical (unpaired) electrons. The largest absolute Gasteiger partial charge is 0.351 e. The lowest BCUT2D eigenvalue weighted by Crippen LogP contribution is -2.56. The van der Waals surface area contributed by atoms with Crippen molar-refractivity contribution in [1.82, 2.24) is 14.5 Å². The Bertz CT molecular complexity index is 1670. The number of carbonyl (C=O) groups is 3. The lowest BCUT2D eigenvalue weighted by molar-refractivity contribution is -0.130. The topological polar surface area (TPSA) is 143 Å². The van der Waals surface area contributed by atoms with Crippen molar-refractivity contribution in [2.45, 2.75) is 62.4 Å². The van der Waals surface area contributed by atoms with Crippen LogP contribution in [0.4, 0.5) is 14.5 Å². The van der Waals surface area contributed by atoms with Crippen molar-refractivity contribution in [2.75, 3.05) is 25.5 Å². The Morgan fingerprint density at radius 3 is 2.44 bits per heavy atom. The standard InChI is InChI=1S/C22H26ClF2N3O4S.C11H13N3O/c1-5-8-18(19(23)6-2)20(21(30)26-15-12-22(24,25)13-15)28(14-29)16-9-7-10-17(11-16)33(31,32)27(3)4;1-3-13-10(7-9(2)8-12)14-6-4-5-11(14)15/h5-11,14-15,20H,1,12-13H2,2-4H3,(H,26,30);3,7H,1,4-6H2,2H3/b18-8+,19-6+;9-7+,13-10?. The van der Waals surface area contributed by atoms with Gasteiger partial charge in [-0.3, -0.25) is 24.2 Å². The molecule has 1 saturated carbocycles. The van der Waals surface area contributed by atoms with Gasteiger partial charge in [0, 0.05) is 74.0 Å². The Hall–Kier alpha value is -4.45. The number of rotatable bonds is 12. The van der Waals surface area contributed by atoms with Gasteiger partial charge < -0.3 is 5.32 Å². The third-order valence-corrected chi connectivity index (χ3v) is 9.44. The second-order valence-electron chi connectivity index (χ2n) is 10.9. The Morgan fingerprint density at radius 1 is 1.29 bits per heavy atom. The molecule has 1 unspecified atom stereocenters. The van der Waals surface area contributed by atoms with Crippen LogP contribution in [0.25, 0.3) is 0 Å². The molecular formula is C33H39ClF2N6O5S. The van der Waals surface area contributed by atoms with Crippen LogP contribution in [0.2, 0.25) is 0 Å². The van der Waals surface area contributed by atoms with Gasteiger partial charge in [-0.2, -0.15) is 5.26 Å². The van der Waals surface area contributed by atoms with Gasteiger partial charge in [-0.15, -0.1) is 0 Å². The number of alkyl halides is 2. The Labute approximate surface area is 285 Å². The van der Waals surface area contributed by atoms with Gasteiger partial charge in [0.15, 0.2) is 0 Å². The van der Waals surface area contributed by atoms with Gasteiger partial charge in [0.05, 0.1) is 11.0 Å². The summed E-state index contributed by atoms with van der Waals surface area (Å²) in [5.74, 6) is -3.03. The van der Waals surface area contributed by atoms with Crippen LogP contribution in [-0.4, -0.2) is 80.3 Å². The van der Waals surface area contributed by atoms with E-state index < -0.39 is 46.8 Å². The lowest BCUT2D eigenvalue weighted by Gasteiger charge is -2.37. The minimum absolute atomic E-state index is 0.0533. The van der Waals surface area contributed by atoms with Crippen molar-refractivity contribution >= 4 is 51.4 Å². The summed E-state index contributed by atoms with van der Waals surface area (Å²) >= 11 is 6.31. The smallest absolute Gasteiger partial charge is 0.252 e. The molecule has 48 heavy (non-hydrogen) atoms. The van der Waals surface area contributed by atoms with Crippen molar-refractivity contribution in [3.05, 3.63) is 84.1 Å². The number of sulfonamides is 1. The quantitative estimate of drug-likeness (QED) is 0.106. The second-order valence-corrected chi connectivity index (χ2v) is 13.5. The number of allylic oxidation sites excluding steroid dienone is 4. The Morgan fingerprint density at radius 2 is 1.96 bits per heavy atom. The first-order chi connectivity index (χ1) is 22.6. The molecule has 258 valence electrons. The minimum atomic E-state index is -3.83. The zero-order valence-electron chi connectivity index (χ0n) is 27.2. The number of likely N-dealkylation sites (tertiary alicyclic amines) is 1. The molecule has 0 bridgehead atoms. The number of nitrogens with zero attached hydrogens (tertiary/aromatic N) is 5. The van der Waals surface area contributed by atoms with E-state index in [1.807, 2.05) is 6.07 Å². The molecule has 1 atom stereocenters. The number of hydrogen-bond donors (Lipinski definition) is 1. The van der Waals surface area contributed by atoms with Crippen molar-refractivity contribution < 1.29 is 31.6 Å². The van der Waals surface area contributed by atoms with E-state index in [-0.39, 0.29) is 27.1 Å². The number of nitrogens with one attached hydrogen (secondary N) is 1. The molecule has 1 heterocycles. The van der Waals surface area contributed by atoms with E-state index in [2.05, 4.69) is 23.5 Å². The summed E-state index contributed by atoms with van der Waals surface area (Å²) in [6.07, 6.45) is 8.01. The van der Waals surface area contributed by atoms with Gasteiger partial charge in [0.1, 0.15) is 11.9 Å². The molecule has 3 rings (SSSR count). The number of carbonyl (C=O) groups excluding carboxylic acids is 3.